The molecule has 0 radical (unpaired) electrons. The highest BCUT2D eigenvalue weighted by atomic mass is 16.5. The number of rotatable bonds is 2. The lowest BCUT2D eigenvalue weighted by atomic mass is 10.1. The maximum atomic E-state index is 13.1. The van der Waals surface area contributed by atoms with Crippen LogP contribution < -0.4 is 4.90 Å². The monoisotopic (exact) mass is 350 g/mol. The maximum absolute atomic E-state index is 13.1. The van der Waals surface area contributed by atoms with Crippen molar-refractivity contribution in [2.75, 3.05) is 31.1 Å². The van der Waals surface area contributed by atoms with Crippen molar-refractivity contribution in [3.05, 3.63) is 52.8 Å². The number of para-hydroxylation sites is 1. The number of aryl methyl sites for hydroxylation is 3. The largest absolute Gasteiger partial charge is 0.368 e. The summed E-state index contributed by atoms with van der Waals surface area (Å²) in [7, 11) is 0. The standard InChI is InChI=1S/C20H22N4O2/c1-13-6-4-5-7-17(13)23-8-10-24(11-9-23)20(25)16-12-14(2)21-19-18(16)15(3)22-26-19/h4-7,12H,8-11H2,1-3H3. The molecule has 0 atom stereocenters. The molecule has 0 saturated carbocycles. The lowest BCUT2D eigenvalue weighted by Crippen LogP contribution is -2.49. The molecule has 1 saturated heterocycles. The number of benzene rings is 1. The molecule has 1 aromatic carbocycles. The molecule has 1 amide bonds. The highest BCUT2D eigenvalue weighted by Crippen LogP contribution is 2.25. The molecule has 0 unspecified atom stereocenters. The molecule has 26 heavy (non-hydrogen) atoms. The first-order valence-corrected chi connectivity index (χ1v) is 8.88. The number of anilines is 1. The van der Waals surface area contributed by atoms with Gasteiger partial charge in [0.1, 0.15) is 0 Å². The summed E-state index contributed by atoms with van der Waals surface area (Å²) in [5.74, 6) is 0.0243. The molecule has 134 valence electrons. The van der Waals surface area contributed by atoms with Gasteiger partial charge in [-0.3, -0.25) is 4.79 Å². The van der Waals surface area contributed by atoms with E-state index < -0.39 is 0 Å². The Kier molecular flexibility index (Phi) is 4.11. The van der Waals surface area contributed by atoms with Gasteiger partial charge in [-0.2, -0.15) is 0 Å². The van der Waals surface area contributed by atoms with Crippen LogP contribution in [-0.2, 0) is 0 Å². The second-order valence-corrected chi connectivity index (χ2v) is 6.83. The summed E-state index contributed by atoms with van der Waals surface area (Å²) >= 11 is 0. The van der Waals surface area contributed by atoms with Crippen LogP contribution in [0.25, 0.3) is 11.1 Å². The number of aromatic nitrogens is 2. The first-order chi connectivity index (χ1) is 12.5. The average molecular weight is 350 g/mol. The second-order valence-electron chi connectivity index (χ2n) is 6.83. The molecule has 3 aromatic rings. The normalized spacial score (nSPS) is 14.9. The van der Waals surface area contributed by atoms with Crippen LogP contribution in [0.15, 0.2) is 34.9 Å². The Hall–Kier alpha value is -2.89. The van der Waals surface area contributed by atoms with Crippen LogP contribution in [0.3, 0.4) is 0 Å². The summed E-state index contributed by atoms with van der Waals surface area (Å²) in [6.07, 6.45) is 0. The number of carbonyl (C=O) groups excluding carboxylic acids is 1. The zero-order chi connectivity index (χ0) is 18.3. The number of fused-ring (bicyclic) bond motifs is 1. The number of hydrogen-bond donors (Lipinski definition) is 0. The summed E-state index contributed by atoms with van der Waals surface area (Å²) in [5, 5.41) is 4.69. The minimum absolute atomic E-state index is 0.0243. The zero-order valence-electron chi connectivity index (χ0n) is 15.3. The van der Waals surface area contributed by atoms with Gasteiger partial charge in [-0.05, 0) is 38.5 Å². The third kappa shape index (κ3) is 2.81. The average Bonchev–Trinajstić information content (AvgIpc) is 3.02. The first-order valence-electron chi connectivity index (χ1n) is 8.88. The van der Waals surface area contributed by atoms with Crippen molar-refractivity contribution >= 4 is 22.7 Å². The molecule has 0 N–H and O–H groups in total. The molecule has 0 bridgehead atoms. The molecule has 4 rings (SSSR count). The number of amides is 1. The fraction of sp³-hybridized carbons (Fsp3) is 0.350. The lowest BCUT2D eigenvalue weighted by Gasteiger charge is -2.37. The highest BCUT2D eigenvalue weighted by Gasteiger charge is 2.26. The van der Waals surface area contributed by atoms with Crippen molar-refractivity contribution in [2.24, 2.45) is 0 Å². The van der Waals surface area contributed by atoms with Gasteiger partial charge in [0, 0.05) is 37.6 Å². The molecule has 2 aromatic heterocycles. The molecule has 1 aliphatic heterocycles. The van der Waals surface area contributed by atoms with E-state index in [0.29, 0.717) is 30.1 Å². The summed E-state index contributed by atoms with van der Waals surface area (Å²) in [6.45, 7) is 8.87. The van der Waals surface area contributed by atoms with E-state index in [9.17, 15) is 4.79 Å². The van der Waals surface area contributed by atoms with E-state index in [-0.39, 0.29) is 5.91 Å². The predicted octanol–water partition coefficient (Wildman–Crippen LogP) is 3.11. The lowest BCUT2D eigenvalue weighted by molar-refractivity contribution is 0.0748. The van der Waals surface area contributed by atoms with Crippen LogP contribution >= 0.6 is 0 Å². The Bertz CT molecular complexity index is 971. The Balaban J connectivity index is 1.56. The molecular formula is C20H22N4O2. The number of piperazine rings is 1. The zero-order valence-corrected chi connectivity index (χ0v) is 15.3. The van der Waals surface area contributed by atoms with Crippen LogP contribution in [0.4, 0.5) is 5.69 Å². The minimum atomic E-state index is 0.0243. The topological polar surface area (TPSA) is 62.5 Å². The summed E-state index contributed by atoms with van der Waals surface area (Å²) < 4.78 is 5.26. The van der Waals surface area contributed by atoms with Gasteiger partial charge in [-0.1, -0.05) is 23.4 Å². The van der Waals surface area contributed by atoms with E-state index >= 15 is 0 Å². The van der Waals surface area contributed by atoms with Gasteiger partial charge in [0.25, 0.3) is 11.6 Å². The second kappa shape index (κ2) is 6.44. The van der Waals surface area contributed by atoms with Crippen molar-refractivity contribution < 1.29 is 9.32 Å². The number of hydrogen-bond acceptors (Lipinski definition) is 5. The van der Waals surface area contributed by atoms with Crippen molar-refractivity contribution in [3.8, 4) is 0 Å². The van der Waals surface area contributed by atoms with Gasteiger partial charge in [0.15, 0.2) is 0 Å². The molecule has 6 heteroatoms. The molecule has 0 spiro atoms. The highest BCUT2D eigenvalue weighted by molar-refractivity contribution is 6.06. The first kappa shape index (κ1) is 16.6. The molecule has 0 aliphatic carbocycles. The van der Waals surface area contributed by atoms with Crippen molar-refractivity contribution in [2.45, 2.75) is 20.8 Å². The van der Waals surface area contributed by atoms with Crippen LogP contribution in [0.2, 0.25) is 0 Å². The maximum Gasteiger partial charge on any atom is 0.258 e. The number of nitrogens with zero attached hydrogens (tertiary/aromatic N) is 4. The van der Waals surface area contributed by atoms with E-state index in [0.717, 1.165) is 24.2 Å². The smallest absolute Gasteiger partial charge is 0.258 e. The van der Waals surface area contributed by atoms with Gasteiger partial charge in [-0.25, -0.2) is 4.98 Å². The minimum Gasteiger partial charge on any atom is -0.368 e. The van der Waals surface area contributed by atoms with Crippen molar-refractivity contribution in [3.63, 3.8) is 0 Å². The van der Waals surface area contributed by atoms with Crippen molar-refractivity contribution in [1.82, 2.24) is 15.0 Å². The van der Waals surface area contributed by atoms with Crippen LogP contribution in [-0.4, -0.2) is 47.1 Å². The fourth-order valence-corrected chi connectivity index (χ4v) is 3.63. The van der Waals surface area contributed by atoms with Gasteiger partial charge in [0.05, 0.1) is 16.6 Å². The van der Waals surface area contributed by atoms with E-state index in [4.69, 9.17) is 4.52 Å². The Morgan fingerprint density at radius 2 is 1.81 bits per heavy atom. The van der Waals surface area contributed by atoms with E-state index in [1.807, 2.05) is 24.8 Å². The van der Waals surface area contributed by atoms with E-state index in [1.54, 1.807) is 0 Å². The van der Waals surface area contributed by atoms with Crippen molar-refractivity contribution in [1.29, 1.82) is 0 Å². The van der Waals surface area contributed by atoms with Crippen LogP contribution in [0.1, 0.15) is 27.3 Å². The number of carbonyl (C=O) groups is 1. The van der Waals surface area contributed by atoms with Gasteiger partial charge in [-0.15, -0.1) is 0 Å². The quantitative estimate of drug-likeness (QED) is 0.711. The van der Waals surface area contributed by atoms with E-state index in [2.05, 4.69) is 46.2 Å². The van der Waals surface area contributed by atoms with Crippen LogP contribution in [0.5, 0.6) is 0 Å². The third-order valence-electron chi connectivity index (χ3n) is 5.00. The Morgan fingerprint density at radius 1 is 1.08 bits per heavy atom. The SMILES string of the molecule is Cc1cc(C(=O)N2CCN(c3ccccc3C)CC2)c2c(C)noc2n1. The predicted molar refractivity (Wildman–Crippen MR) is 101 cm³/mol. The summed E-state index contributed by atoms with van der Waals surface area (Å²) in [4.78, 5) is 21.7. The summed E-state index contributed by atoms with van der Waals surface area (Å²) in [6, 6.07) is 10.2. The van der Waals surface area contributed by atoms with Gasteiger partial charge in [0.2, 0.25) is 0 Å². The number of pyridine rings is 1. The van der Waals surface area contributed by atoms with Gasteiger partial charge < -0.3 is 14.3 Å². The molecule has 1 aliphatic rings. The Morgan fingerprint density at radius 3 is 2.54 bits per heavy atom. The summed E-state index contributed by atoms with van der Waals surface area (Å²) in [5.41, 5.74) is 5.04. The molecule has 3 heterocycles. The van der Waals surface area contributed by atoms with Gasteiger partial charge >= 0.3 is 0 Å². The molecular weight excluding hydrogens is 328 g/mol. The third-order valence-corrected chi connectivity index (χ3v) is 5.00. The van der Waals surface area contributed by atoms with Crippen LogP contribution in [0, 0.1) is 20.8 Å². The molecule has 6 nitrogen and oxygen atoms in total. The van der Waals surface area contributed by atoms with E-state index in [1.165, 1.54) is 11.3 Å². The Labute approximate surface area is 152 Å². The fourth-order valence-electron chi connectivity index (χ4n) is 3.63. The molecule has 1 fully saturated rings.